The molecule has 3 heteroatoms. The van der Waals surface area contributed by atoms with Gasteiger partial charge in [-0.25, -0.2) is 0 Å². The van der Waals surface area contributed by atoms with Crippen molar-refractivity contribution in [3.05, 3.63) is 29.8 Å². The number of likely N-dealkylation sites (tertiary alicyclic amines) is 1. The number of carbonyl (C=O) groups excluding carboxylic acids is 1. The summed E-state index contributed by atoms with van der Waals surface area (Å²) in [7, 11) is 0. The second-order valence-corrected chi connectivity index (χ2v) is 5.58. The van der Waals surface area contributed by atoms with Crippen LogP contribution in [0.1, 0.15) is 25.8 Å². The Labute approximate surface area is 102 Å². The normalized spacial score (nSPS) is 18.4. The Morgan fingerprint density at radius 3 is 2.82 bits per heavy atom. The molecule has 0 spiro atoms. The maximum Gasteiger partial charge on any atom is 0.227 e. The van der Waals surface area contributed by atoms with Crippen molar-refractivity contribution in [1.82, 2.24) is 4.90 Å². The molecule has 1 aromatic rings. The third-order valence-corrected chi connectivity index (χ3v) is 3.30. The fraction of sp³-hybridized carbons (Fsp3) is 0.500. The van der Waals surface area contributed by atoms with Crippen molar-refractivity contribution in [3.8, 4) is 5.75 Å². The molecule has 0 aromatic heterocycles. The van der Waals surface area contributed by atoms with E-state index in [9.17, 15) is 9.90 Å². The maximum atomic E-state index is 12.1. The highest BCUT2D eigenvalue weighted by Gasteiger charge is 2.31. The van der Waals surface area contributed by atoms with Gasteiger partial charge in [-0.2, -0.15) is 0 Å². The third kappa shape index (κ3) is 2.99. The topological polar surface area (TPSA) is 40.5 Å². The fourth-order valence-electron chi connectivity index (χ4n) is 2.28. The molecular weight excluding hydrogens is 214 g/mol. The summed E-state index contributed by atoms with van der Waals surface area (Å²) in [5.74, 6) is 0.373. The van der Waals surface area contributed by atoms with E-state index in [1.54, 1.807) is 18.2 Å². The molecule has 1 fully saturated rings. The number of hydrogen-bond donors (Lipinski definition) is 1. The van der Waals surface area contributed by atoms with Crippen LogP contribution in [0.15, 0.2) is 24.3 Å². The van der Waals surface area contributed by atoms with Crippen molar-refractivity contribution in [2.24, 2.45) is 5.41 Å². The highest BCUT2D eigenvalue weighted by Crippen LogP contribution is 2.29. The van der Waals surface area contributed by atoms with E-state index in [0.717, 1.165) is 25.1 Å². The fourth-order valence-corrected chi connectivity index (χ4v) is 2.28. The van der Waals surface area contributed by atoms with Crippen molar-refractivity contribution in [2.75, 3.05) is 13.1 Å². The van der Waals surface area contributed by atoms with Crippen molar-refractivity contribution in [2.45, 2.75) is 26.7 Å². The molecule has 1 amide bonds. The quantitative estimate of drug-likeness (QED) is 0.850. The monoisotopic (exact) mass is 233 g/mol. The molecule has 1 heterocycles. The zero-order chi connectivity index (χ0) is 12.5. The van der Waals surface area contributed by atoms with Crippen LogP contribution in [-0.2, 0) is 11.2 Å². The van der Waals surface area contributed by atoms with E-state index in [-0.39, 0.29) is 17.1 Å². The molecule has 1 aromatic carbocycles. The lowest BCUT2D eigenvalue weighted by Crippen LogP contribution is -2.31. The van der Waals surface area contributed by atoms with Crippen LogP contribution in [0.4, 0.5) is 0 Å². The number of phenols is 1. The summed E-state index contributed by atoms with van der Waals surface area (Å²) in [6.07, 6.45) is 1.45. The second-order valence-electron chi connectivity index (χ2n) is 5.58. The van der Waals surface area contributed by atoms with Crippen LogP contribution in [-0.4, -0.2) is 29.0 Å². The SMILES string of the molecule is CC1(C)CCN(C(=O)Cc2cccc(O)c2)C1. The van der Waals surface area contributed by atoms with E-state index in [1.165, 1.54) is 0 Å². The van der Waals surface area contributed by atoms with Gasteiger partial charge in [0.25, 0.3) is 0 Å². The Balaban J connectivity index is 1.98. The molecule has 3 nitrogen and oxygen atoms in total. The van der Waals surface area contributed by atoms with Crippen LogP contribution in [0.3, 0.4) is 0 Å². The number of amides is 1. The van der Waals surface area contributed by atoms with Gasteiger partial charge in [-0.15, -0.1) is 0 Å². The Hall–Kier alpha value is -1.51. The van der Waals surface area contributed by atoms with Crippen LogP contribution in [0, 0.1) is 5.41 Å². The zero-order valence-corrected chi connectivity index (χ0v) is 10.4. The third-order valence-electron chi connectivity index (χ3n) is 3.30. The van der Waals surface area contributed by atoms with Gasteiger partial charge < -0.3 is 10.0 Å². The molecule has 1 N–H and O–H groups in total. The second kappa shape index (κ2) is 4.40. The molecule has 1 aliphatic rings. The summed E-state index contributed by atoms with van der Waals surface area (Å²) in [4.78, 5) is 14.0. The van der Waals surface area contributed by atoms with Crippen molar-refractivity contribution >= 4 is 5.91 Å². The number of phenolic OH excluding ortho intramolecular Hbond substituents is 1. The largest absolute Gasteiger partial charge is 0.508 e. The molecule has 92 valence electrons. The minimum atomic E-state index is 0.154. The summed E-state index contributed by atoms with van der Waals surface area (Å²) in [5, 5.41) is 9.35. The first-order chi connectivity index (χ1) is 7.96. The van der Waals surface area contributed by atoms with E-state index >= 15 is 0 Å². The maximum absolute atomic E-state index is 12.1. The summed E-state index contributed by atoms with van der Waals surface area (Å²) in [5.41, 5.74) is 1.12. The van der Waals surface area contributed by atoms with Gasteiger partial charge in [-0.3, -0.25) is 4.79 Å². The summed E-state index contributed by atoms with van der Waals surface area (Å²) in [6.45, 7) is 6.07. The van der Waals surface area contributed by atoms with E-state index < -0.39 is 0 Å². The number of rotatable bonds is 2. The van der Waals surface area contributed by atoms with E-state index in [1.807, 2.05) is 11.0 Å². The summed E-state index contributed by atoms with van der Waals surface area (Å²) in [6, 6.07) is 6.91. The van der Waals surface area contributed by atoms with Crippen LogP contribution in [0.25, 0.3) is 0 Å². The van der Waals surface area contributed by atoms with Gasteiger partial charge in [-0.1, -0.05) is 26.0 Å². The number of hydrogen-bond acceptors (Lipinski definition) is 2. The standard InChI is InChI=1S/C14H19NO2/c1-14(2)6-7-15(10-14)13(17)9-11-4-3-5-12(16)8-11/h3-5,8,16H,6-7,9-10H2,1-2H3. The minimum Gasteiger partial charge on any atom is -0.508 e. The van der Waals surface area contributed by atoms with Crippen LogP contribution < -0.4 is 0 Å². The van der Waals surface area contributed by atoms with Gasteiger partial charge in [-0.05, 0) is 29.5 Å². The lowest BCUT2D eigenvalue weighted by Gasteiger charge is -2.19. The Morgan fingerprint density at radius 1 is 1.47 bits per heavy atom. The van der Waals surface area contributed by atoms with Crippen molar-refractivity contribution in [3.63, 3.8) is 0 Å². The van der Waals surface area contributed by atoms with Gasteiger partial charge in [0.2, 0.25) is 5.91 Å². The smallest absolute Gasteiger partial charge is 0.227 e. The van der Waals surface area contributed by atoms with Gasteiger partial charge in [0.15, 0.2) is 0 Å². The van der Waals surface area contributed by atoms with Crippen LogP contribution in [0.2, 0.25) is 0 Å². The molecule has 1 aliphatic heterocycles. The number of aromatic hydroxyl groups is 1. The number of benzene rings is 1. The molecule has 0 unspecified atom stereocenters. The highest BCUT2D eigenvalue weighted by atomic mass is 16.3. The van der Waals surface area contributed by atoms with Gasteiger partial charge in [0.05, 0.1) is 6.42 Å². The number of carbonyl (C=O) groups is 1. The predicted molar refractivity (Wildman–Crippen MR) is 66.8 cm³/mol. The average molecular weight is 233 g/mol. The van der Waals surface area contributed by atoms with Crippen molar-refractivity contribution in [1.29, 1.82) is 0 Å². The number of nitrogens with zero attached hydrogens (tertiary/aromatic N) is 1. The Bertz CT molecular complexity index is 426. The lowest BCUT2D eigenvalue weighted by molar-refractivity contribution is -0.129. The molecule has 0 radical (unpaired) electrons. The Kier molecular flexibility index (Phi) is 3.09. The molecule has 0 bridgehead atoms. The molecule has 0 atom stereocenters. The first-order valence-electron chi connectivity index (χ1n) is 6.02. The highest BCUT2D eigenvalue weighted by molar-refractivity contribution is 5.79. The molecule has 0 aliphatic carbocycles. The summed E-state index contributed by atoms with van der Waals surface area (Å²) < 4.78 is 0. The van der Waals surface area contributed by atoms with Gasteiger partial charge in [0, 0.05) is 13.1 Å². The van der Waals surface area contributed by atoms with Gasteiger partial charge >= 0.3 is 0 Å². The minimum absolute atomic E-state index is 0.154. The molecular formula is C14H19NO2. The zero-order valence-electron chi connectivity index (χ0n) is 10.4. The average Bonchev–Trinajstić information content (AvgIpc) is 2.59. The predicted octanol–water partition coefficient (Wildman–Crippen LogP) is 2.19. The summed E-state index contributed by atoms with van der Waals surface area (Å²) >= 11 is 0. The lowest BCUT2D eigenvalue weighted by atomic mass is 9.93. The van der Waals surface area contributed by atoms with E-state index in [4.69, 9.17) is 0 Å². The molecule has 0 saturated carbocycles. The van der Waals surface area contributed by atoms with E-state index in [2.05, 4.69) is 13.8 Å². The van der Waals surface area contributed by atoms with Crippen molar-refractivity contribution < 1.29 is 9.90 Å². The first-order valence-corrected chi connectivity index (χ1v) is 6.02. The molecule has 1 saturated heterocycles. The van der Waals surface area contributed by atoms with E-state index in [0.29, 0.717) is 6.42 Å². The van der Waals surface area contributed by atoms with Crippen LogP contribution in [0.5, 0.6) is 5.75 Å². The molecule has 17 heavy (non-hydrogen) atoms. The molecule has 2 rings (SSSR count). The van der Waals surface area contributed by atoms with Gasteiger partial charge in [0.1, 0.15) is 5.75 Å². The first kappa shape index (κ1) is 12.0. The van der Waals surface area contributed by atoms with Crippen LogP contribution >= 0.6 is 0 Å². The Morgan fingerprint density at radius 2 is 2.24 bits per heavy atom.